The van der Waals surface area contributed by atoms with Crippen LogP contribution in [0.5, 0.6) is 0 Å². The first-order chi connectivity index (χ1) is 13.2. The molecule has 3 heterocycles. The van der Waals surface area contributed by atoms with E-state index in [4.69, 9.17) is 0 Å². The molecule has 0 atom stereocenters. The van der Waals surface area contributed by atoms with Gasteiger partial charge in [0.05, 0.1) is 12.1 Å². The van der Waals surface area contributed by atoms with Crippen molar-refractivity contribution in [3.63, 3.8) is 0 Å². The average molecular weight is 400 g/mol. The van der Waals surface area contributed by atoms with Crippen molar-refractivity contribution in [2.75, 3.05) is 5.32 Å². The minimum Gasteiger partial charge on any atom is -0.300 e. The summed E-state index contributed by atoms with van der Waals surface area (Å²) >= 11 is 1.42. The Morgan fingerprint density at radius 1 is 1.14 bits per heavy atom. The minimum atomic E-state index is -0.140. The van der Waals surface area contributed by atoms with Crippen LogP contribution in [-0.4, -0.2) is 35.9 Å². The minimum absolute atomic E-state index is 0.140. The monoisotopic (exact) mass is 399 g/mol. The lowest BCUT2D eigenvalue weighted by molar-refractivity contribution is -0.115. The maximum Gasteiger partial charge on any atom is 0.251 e. The molecule has 3 aromatic rings. The Labute approximate surface area is 168 Å². The van der Waals surface area contributed by atoms with E-state index in [1.807, 2.05) is 33.8 Å². The number of amides is 1. The Hall–Kier alpha value is -2.68. The molecule has 8 nitrogen and oxygen atoms in total. The van der Waals surface area contributed by atoms with Crippen molar-refractivity contribution in [3.05, 3.63) is 39.4 Å². The first kappa shape index (κ1) is 20.1. The fourth-order valence-electron chi connectivity index (χ4n) is 2.99. The zero-order valence-corrected chi connectivity index (χ0v) is 17.9. The van der Waals surface area contributed by atoms with Crippen molar-refractivity contribution >= 4 is 22.4 Å². The fourth-order valence-corrected chi connectivity index (χ4v) is 3.96. The maximum absolute atomic E-state index is 12.5. The molecule has 0 spiro atoms. The number of aromatic nitrogens is 6. The third-order valence-corrected chi connectivity index (χ3v) is 5.10. The first-order valence-corrected chi connectivity index (χ1v) is 10.0. The standard InChI is InChI=1S/C19H25N7OS/c1-10(2)7-17-23-24-19(28-17)22-16(27)9-15-13(5)25-26(14(15)6)18-20-11(3)8-12(4)21-18/h8,10H,7,9H2,1-6H3,(H,22,24,27). The largest absolute Gasteiger partial charge is 0.300 e. The van der Waals surface area contributed by atoms with Gasteiger partial charge in [-0.3, -0.25) is 4.79 Å². The van der Waals surface area contributed by atoms with Gasteiger partial charge in [-0.15, -0.1) is 10.2 Å². The van der Waals surface area contributed by atoms with Crippen LogP contribution >= 0.6 is 11.3 Å². The highest BCUT2D eigenvalue weighted by Crippen LogP contribution is 2.20. The molecule has 1 amide bonds. The van der Waals surface area contributed by atoms with Crippen LogP contribution in [0.4, 0.5) is 5.13 Å². The Morgan fingerprint density at radius 2 is 1.82 bits per heavy atom. The molecule has 3 rings (SSSR count). The first-order valence-electron chi connectivity index (χ1n) is 9.23. The molecular formula is C19H25N7OS. The summed E-state index contributed by atoms with van der Waals surface area (Å²) in [5.74, 6) is 0.881. The molecule has 0 saturated heterocycles. The van der Waals surface area contributed by atoms with E-state index < -0.39 is 0 Å². The summed E-state index contributed by atoms with van der Waals surface area (Å²) in [4.78, 5) is 21.5. The second-order valence-electron chi connectivity index (χ2n) is 7.34. The lowest BCUT2D eigenvalue weighted by Crippen LogP contribution is -2.15. The number of hydrogen-bond acceptors (Lipinski definition) is 7. The summed E-state index contributed by atoms with van der Waals surface area (Å²) in [6.45, 7) is 11.9. The van der Waals surface area contributed by atoms with E-state index in [0.717, 1.165) is 39.8 Å². The summed E-state index contributed by atoms with van der Waals surface area (Å²) < 4.78 is 1.70. The van der Waals surface area contributed by atoms with Crippen molar-refractivity contribution in [3.8, 4) is 5.95 Å². The molecule has 0 aliphatic carbocycles. The summed E-state index contributed by atoms with van der Waals surface area (Å²) in [5, 5.41) is 17.0. The molecule has 0 fully saturated rings. The van der Waals surface area contributed by atoms with Crippen molar-refractivity contribution < 1.29 is 4.79 Å². The van der Waals surface area contributed by atoms with Crippen LogP contribution in [-0.2, 0) is 17.6 Å². The molecule has 3 aromatic heterocycles. The SMILES string of the molecule is Cc1cc(C)nc(-n2nc(C)c(CC(=O)Nc3nnc(CC(C)C)s3)c2C)n1. The number of hydrogen-bond donors (Lipinski definition) is 1. The zero-order valence-electron chi connectivity index (χ0n) is 17.1. The van der Waals surface area contributed by atoms with Gasteiger partial charge in [0.2, 0.25) is 11.0 Å². The molecule has 0 aliphatic rings. The third kappa shape index (κ3) is 4.59. The predicted octanol–water partition coefficient (Wildman–Crippen LogP) is 3.13. The number of aryl methyl sites for hydroxylation is 3. The molecule has 1 N–H and O–H groups in total. The van der Waals surface area contributed by atoms with Crippen LogP contribution in [0.2, 0.25) is 0 Å². The lowest BCUT2D eigenvalue weighted by Gasteiger charge is -2.06. The number of carbonyl (C=O) groups excluding carboxylic acids is 1. The smallest absolute Gasteiger partial charge is 0.251 e. The van der Waals surface area contributed by atoms with Gasteiger partial charge in [-0.1, -0.05) is 25.2 Å². The Morgan fingerprint density at radius 3 is 2.46 bits per heavy atom. The van der Waals surface area contributed by atoms with E-state index >= 15 is 0 Å². The Balaban J connectivity index is 1.76. The normalized spacial score (nSPS) is 11.2. The van der Waals surface area contributed by atoms with Crippen LogP contribution in [0.25, 0.3) is 5.95 Å². The van der Waals surface area contributed by atoms with Gasteiger partial charge in [0.1, 0.15) is 5.01 Å². The number of rotatable bonds is 6. The van der Waals surface area contributed by atoms with Crippen LogP contribution in [0.1, 0.15) is 47.2 Å². The Bertz CT molecular complexity index is 986. The lowest BCUT2D eigenvalue weighted by atomic mass is 10.1. The van der Waals surface area contributed by atoms with Crippen molar-refractivity contribution in [1.29, 1.82) is 0 Å². The molecule has 0 radical (unpaired) electrons. The van der Waals surface area contributed by atoms with Gasteiger partial charge in [-0.05, 0) is 39.7 Å². The number of carbonyl (C=O) groups is 1. The zero-order chi connectivity index (χ0) is 20.4. The van der Waals surface area contributed by atoms with Gasteiger partial charge in [0.15, 0.2) is 0 Å². The van der Waals surface area contributed by atoms with Crippen LogP contribution in [0.3, 0.4) is 0 Å². The van der Waals surface area contributed by atoms with Crippen molar-refractivity contribution in [2.24, 2.45) is 5.92 Å². The van der Waals surface area contributed by atoms with Gasteiger partial charge in [-0.25, -0.2) is 14.6 Å². The molecular weight excluding hydrogens is 374 g/mol. The van der Waals surface area contributed by atoms with Crippen molar-refractivity contribution in [2.45, 2.75) is 54.4 Å². The van der Waals surface area contributed by atoms with E-state index in [9.17, 15) is 4.79 Å². The molecule has 148 valence electrons. The molecule has 0 saturated carbocycles. The third-order valence-electron chi connectivity index (χ3n) is 4.23. The van der Waals surface area contributed by atoms with Gasteiger partial charge >= 0.3 is 0 Å². The van der Waals surface area contributed by atoms with Gasteiger partial charge in [0, 0.05) is 29.1 Å². The van der Waals surface area contributed by atoms with E-state index in [1.54, 1.807) is 4.68 Å². The summed E-state index contributed by atoms with van der Waals surface area (Å²) in [7, 11) is 0. The molecule has 9 heteroatoms. The maximum atomic E-state index is 12.5. The highest BCUT2D eigenvalue weighted by Gasteiger charge is 2.18. The van der Waals surface area contributed by atoms with E-state index in [2.05, 4.69) is 44.4 Å². The second kappa shape index (κ2) is 8.14. The van der Waals surface area contributed by atoms with Crippen LogP contribution < -0.4 is 5.32 Å². The summed E-state index contributed by atoms with van der Waals surface area (Å²) in [6.07, 6.45) is 1.07. The fraction of sp³-hybridized carbons (Fsp3) is 0.474. The van der Waals surface area contributed by atoms with Gasteiger partial charge in [-0.2, -0.15) is 5.10 Å². The molecule has 0 unspecified atom stereocenters. The van der Waals surface area contributed by atoms with Crippen LogP contribution in [0.15, 0.2) is 6.07 Å². The van der Waals surface area contributed by atoms with Gasteiger partial charge < -0.3 is 5.32 Å². The number of nitrogens with zero attached hydrogens (tertiary/aromatic N) is 6. The molecule has 0 aromatic carbocycles. The quantitative estimate of drug-likeness (QED) is 0.684. The molecule has 28 heavy (non-hydrogen) atoms. The predicted molar refractivity (Wildman–Crippen MR) is 109 cm³/mol. The number of nitrogens with one attached hydrogen (secondary N) is 1. The van der Waals surface area contributed by atoms with Crippen molar-refractivity contribution in [1.82, 2.24) is 29.9 Å². The molecule has 0 aliphatic heterocycles. The Kier molecular flexibility index (Phi) is 5.83. The number of anilines is 1. The highest BCUT2D eigenvalue weighted by atomic mass is 32.1. The second-order valence-corrected chi connectivity index (χ2v) is 8.40. The van der Waals surface area contributed by atoms with E-state index in [0.29, 0.717) is 17.0 Å². The van der Waals surface area contributed by atoms with Crippen LogP contribution in [0, 0.1) is 33.6 Å². The average Bonchev–Trinajstić information content (AvgIpc) is 3.12. The van der Waals surface area contributed by atoms with E-state index in [1.165, 1.54) is 11.3 Å². The molecule has 0 bridgehead atoms. The van der Waals surface area contributed by atoms with E-state index in [-0.39, 0.29) is 12.3 Å². The summed E-state index contributed by atoms with van der Waals surface area (Å²) in [6, 6.07) is 1.92. The van der Waals surface area contributed by atoms with Gasteiger partial charge in [0.25, 0.3) is 5.95 Å². The highest BCUT2D eigenvalue weighted by molar-refractivity contribution is 7.15. The summed E-state index contributed by atoms with van der Waals surface area (Å²) in [5.41, 5.74) is 4.27. The topological polar surface area (TPSA) is 98.5 Å².